The van der Waals surface area contributed by atoms with Crippen molar-refractivity contribution in [2.75, 3.05) is 19.8 Å². The van der Waals surface area contributed by atoms with Crippen LogP contribution in [0.3, 0.4) is 0 Å². The van der Waals surface area contributed by atoms with Gasteiger partial charge in [0.25, 0.3) is 5.91 Å². The van der Waals surface area contributed by atoms with Crippen molar-refractivity contribution in [2.24, 2.45) is 0 Å². The normalized spacial score (nSPS) is 29.9. The van der Waals surface area contributed by atoms with Crippen LogP contribution in [0, 0.1) is 0 Å². The van der Waals surface area contributed by atoms with Gasteiger partial charge in [-0.3, -0.25) is 9.36 Å². The number of anilines is 1. The molecular formula is C14H21N7O3. The molecule has 1 amide bonds. The second-order valence-corrected chi connectivity index (χ2v) is 5.67. The van der Waals surface area contributed by atoms with E-state index in [1.54, 1.807) is 18.5 Å². The Balaban J connectivity index is 2.09. The van der Waals surface area contributed by atoms with Crippen molar-refractivity contribution in [1.29, 1.82) is 0 Å². The van der Waals surface area contributed by atoms with E-state index < -0.39 is 24.0 Å². The van der Waals surface area contributed by atoms with Crippen LogP contribution in [0.4, 0.5) is 5.82 Å². The molecule has 0 aromatic carbocycles. The molecule has 2 aromatic rings. The second-order valence-electron chi connectivity index (χ2n) is 5.67. The van der Waals surface area contributed by atoms with Crippen LogP contribution in [-0.2, 0) is 9.53 Å². The summed E-state index contributed by atoms with van der Waals surface area (Å²) < 4.78 is 7.71. The third-order valence-electron chi connectivity index (χ3n) is 4.59. The molecule has 1 aliphatic heterocycles. The molecule has 1 aliphatic rings. The summed E-state index contributed by atoms with van der Waals surface area (Å²) in [5.74, 6) is -0.120. The lowest BCUT2D eigenvalue weighted by Crippen LogP contribution is -2.55. The van der Waals surface area contributed by atoms with Gasteiger partial charge in [0, 0.05) is 7.05 Å². The van der Waals surface area contributed by atoms with Crippen molar-refractivity contribution < 1.29 is 14.6 Å². The number of carbonyl (C=O) groups excluding carboxylic acids is 1. The number of fused-ring (bicyclic) bond motifs is 1. The molecule has 1 fully saturated rings. The van der Waals surface area contributed by atoms with E-state index in [0.29, 0.717) is 17.6 Å². The van der Waals surface area contributed by atoms with Crippen LogP contribution < -0.4 is 16.4 Å². The van der Waals surface area contributed by atoms with Gasteiger partial charge in [-0.25, -0.2) is 15.0 Å². The summed E-state index contributed by atoms with van der Waals surface area (Å²) in [5, 5.41) is 16.3. The average molecular weight is 335 g/mol. The van der Waals surface area contributed by atoms with Crippen molar-refractivity contribution in [3.8, 4) is 0 Å². The smallest absolute Gasteiger partial charge is 0.254 e. The molecule has 3 heterocycles. The van der Waals surface area contributed by atoms with Crippen molar-refractivity contribution in [2.45, 2.75) is 37.3 Å². The molecule has 0 saturated carbocycles. The molecule has 5 N–H and O–H groups in total. The number of aliphatic hydroxyl groups excluding tert-OH is 1. The SMILES string of the molecule is CC[C@]1(C(=O)NC)O[C@@H](n2cnc3c(N)ncnc32)C(NC)C1O. The van der Waals surface area contributed by atoms with Gasteiger partial charge in [0.1, 0.15) is 17.9 Å². The fourth-order valence-electron chi connectivity index (χ4n) is 3.24. The Kier molecular flexibility index (Phi) is 4.11. The van der Waals surface area contributed by atoms with Crippen LogP contribution in [0.25, 0.3) is 11.2 Å². The van der Waals surface area contributed by atoms with Gasteiger partial charge >= 0.3 is 0 Å². The summed E-state index contributed by atoms with van der Waals surface area (Å²) in [6, 6.07) is -0.532. The van der Waals surface area contributed by atoms with Crippen LogP contribution in [0.15, 0.2) is 12.7 Å². The van der Waals surface area contributed by atoms with E-state index in [-0.39, 0.29) is 11.7 Å². The molecular weight excluding hydrogens is 314 g/mol. The number of nitrogens with two attached hydrogens (primary N) is 1. The zero-order chi connectivity index (χ0) is 17.5. The predicted octanol–water partition coefficient (Wildman–Crippen LogP) is -1.22. The van der Waals surface area contributed by atoms with Crippen molar-refractivity contribution in [3.05, 3.63) is 12.7 Å². The molecule has 0 bridgehead atoms. The molecule has 2 aromatic heterocycles. The van der Waals surface area contributed by atoms with Gasteiger partial charge in [-0.2, -0.15) is 0 Å². The van der Waals surface area contributed by atoms with Gasteiger partial charge in [0.15, 0.2) is 23.3 Å². The van der Waals surface area contributed by atoms with Gasteiger partial charge in [-0.15, -0.1) is 0 Å². The number of rotatable bonds is 4. The highest BCUT2D eigenvalue weighted by molar-refractivity contribution is 5.86. The summed E-state index contributed by atoms with van der Waals surface area (Å²) in [6.07, 6.45) is 1.44. The van der Waals surface area contributed by atoms with E-state index >= 15 is 0 Å². The van der Waals surface area contributed by atoms with Gasteiger partial charge < -0.3 is 26.2 Å². The standard InChI is InChI=1S/C14H21N7O3/c1-4-14(13(23)17-3)9(22)7(16-2)12(24-14)21-6-20-8-10(15)18-5-19-11(8)21/h5-7,9,12,16,22H,4H2,1-3H3,(H,17,23)(H2,15,18,19)/t7?,9?,12-,14+/m1/s1. The molecule has 1 saturated heterocycles. The van der Waals surface area contributed by atoms with E-state index in [0.717, 1.165) is 0 Å². The molecule has 3 rings (SSSR count). The zero-order valence-corrected chi connectivity index (χ0v) is 13.7. The fourth-order valence-corrected chi connectivity index (χ4v) is 3.24. The number of aromatic nitrogens is 4. The van der Waals surface area contributed by atoms with E-state index in [2.05, 4.69) is 25.6 Å². The van der Waals surface area contributed by atoms with Crippen LogP contribution in [-0.4, -0.2) is 62.4 Å². The van der Waals surface area contributed by atoms with E-state index in [4.69, 9.17) is 10.5 Å². The molecule has 24 heavy (non-hydrogen) atoms. The minimum absolute atomic E-state index is 0.256. The quantitative estimate of drug-likeness (QED) is 0.545. The summed E-state index contributed by atoms with van der Waals surface area (Å²) in [7, 11) is 3.21. The van der Waals surface area contributed by atoms with E-state index in [1.165, 1.54) is 19.7 Å². The number of nitrogen functional groups attached to an aromatic ring is 1. The van der Waals surface area contributed by atoms with Crippen molar-refractivity contribution in [1.82, 2.24) is 30.2 Å². The fraction of sp³-hybridized carbons (Fsp3) is 0.571. The Morgan fingerprint density at radius 3 is 2.83 bits per heavy atom. The number of nitrogens with one attached hydrogen (secondary N) is 2. The number of hydrogen-bond acceptors (Lipinski definition) is 8. The van der Waals surface area contributed by atoms with Crippen LogP contribution in [0.1, 0.15) is 19.6 Å². The zero-order valence-electron chi connectivity index (χ0n) is 13.7. The van der Waals surface area contributed by atoms with Crippen LogP contribution in [0.5, 0.6) is 0 Å². The number of amides is 1. The number of aliphatic hydroxyl groups is 1. The van der Waals surface area contributed by atoms with E-state index in [1.807, 2.05) is 0 Å². The monoisotopic (exact) mass is 335 g/mol. The minimum atomic E-state index is -1.36. The summed E-state index contributed by atoms with van der Waals surface area (Å²) in [5.41, 5.74) is 5.38. The Morgan fingerprint density at radius 1 is 1.46 bits per heavy atom. The Labute approximate surface area is 138 Å². The average Bonchev–Trinajstić information content (AvgIpc) is 3.14. The first kappa shape index (κ1) is 16.6. The van der Waals surface area contributed by atoms with Gasteiger partial charge in [-0.05, 0) is 13.5 Å². The van der Waals surface area contributed by atoms with Crippen LogP contribution in [0.2, 0.25) is 0 Å². The Morgan fingerprint density at radius 2 is 2.21 bits per heavy atom. The lowest BCUT2D eigenvalue weighted by Gasteiger charge is -2.29. The molecule has 10 nitrogen and oxygen atoms in total. The summed E-state index contributed by atoms with van der Waals surface area (Å²) in [6.45, 7) is 1.79. The number of imidazole rings is 1. The molecule has 130 valence electrons. The predicted molar refractivity (Wildman–Crippen MR) is 85.8 cm³/mol. The summed E-state index contributed by atoms with van der Waals surface area (Å²) >= 11 is 0. The van der Waals surface area contributed by atoms with Gasteiger partial charge in [-0.1, -0.05) is 6.92 Å². The highest BCUT2D eigenvalue weighted by Gasteiger charge is 2.58. The van der Waals surface area contributed by atoms with Gasteiger partial charge in [0.05, 0.1) is 12.4 Å². The molecule has 0 aliphatic carbocycles. The first-order valence-electron chi connectivity index (χ1n) is 7.68. The highest BCUT2D eigenvalue weighted by atomic mass is 16.6. The largest absolute Gasteiger partial charge is 0.388 e. The molecule has 10 heteroatoms. The minimum Gasteiger partial charge on any atom is -0.388 e. The first-order chi connectivity index (χ1) is 11.5. The lowest BCUT2D eigenvalue weighted by molar-refractivity contribution is -0.158. The number of ether oxygens (including phenoxy) is 1. The Bertz CT molecular complexity index is 764. The molecule has 4 atom stereocenters. The number of carbonyl (C=O) groups is 1. The maximum absolute atomic E-state index is 12.4. The first-order valence-corrected chi connectivity index (χ1v) is 7.68. The number of likely N-dealkylation sites (N-methyl/N-ethyl adjacent to an activating group) is 2. The maximum Gasteiger partial charge on any atom is 0.254 e. The molecule has 0 radical (unpaired) electrons. The topological polar surface area (TPSA) is 140 Å². The lowest BCUT2D eigenvalue weighted by atomic mass is 9.90. The van der Waals surface area contributed by atoms with Gasteiger partial charge in [0.2, 0.25) is 0 Å². The second kappa shape index (κ2) is 5.96. The Hall–Kier alpha value is -2.30. The molecule has 2 unspecified atom stereocenters. The third-order valence-corrected chi connectivity index (χ3v) is 4.59. The van der Waals surface area contributed by atoms with E-state index in [9.17, 15) is 9.90 Å². The maximum atomic E-state index is 12.4. The van der Waals surface area contributed by atoms with Crippen molar-refractivity contribution >= 4 is 22.9 Å². The summed E-state index contributed by atoms with van der Waals surface area (Å²) in [4.78, 5) is 24.7. The number of nitrogens with zero attached hydrogens (tertiary/aromatic N) is 4. The highest BCUT2D eigenvalue weighted by Crippen LogP contribution is 2.40. The van der Waals surface area contributed by atoms with Crippen molar-refractivity contribution in [3.63, 3.8) is 0 Å². The molecule has 0 spiro atoms. The number of hydrogen-bond donors (Lipinski definition) is 4. The van der Waals surface area contributed by atoms with Crippen LogP contribution >= 0.6 is 0 Å². The third kappa shape index (κ3) is 2.14.